The lowest BCUT2D eigenvalue weighted by molar-refractivity contribution is 0.381. The van der Waals surface area contributed by atoms with Crippen molar-refractivity contribution in [2.75, 3.05) is 20.1 Å². The van der Waals surface area contributed by atoms with Gasteiger partial charge in [-0.15, -0.1) is 0 Å². The summed E-state index contributed by atoms with van der Waals surface area (Å²) in [4.78, 5) is 0. The molecule has 0 bridgehead atoms. The SMILES string of the molecule is CCCN(C)S(=O)(=O)c1ccc(CNCC)o1. The van der Waals surface area contributed by atoms with Gasteiger partial charge < -0.3 is 9.73 Å². The van der Waals surface area contributed by atoms with E-state index in [4.69, 9.17) is 4.42 Å². The summed E-state index contributed by atoms with van der Waals surface area (Å²) in [6.07, 6.45) is 0.778. The lowest BCUT2D eigenvalue weighted by atomic mass is 10.4. The Morgan fingerprint density at radius 3 is 2.65 bits per heavy atom. The van der Waals surface area contributed by atoms with Crippen LogP contribution in [-0.4, -0.2) is 32.9 Å². The topological polar surface area (TPSA) is 62.6 Å². The molecule has 0 spiro atoms. The molecule has 1 heterocycles. The second kappa shape index (κ2) is 6.18. The average molecular weight is 260 g/mol. The van der Waals surface area contributed by atoms with Gasteiger partial charge >= 0.3 is 0 Å². The van der Waals surface area contributed by atoms with Gasteiger partial charge in [-0.2, -0.15) is 4.31 Å². The van der Waals surface area contributed by atoms with Crippen LogP contribution < -0.4 is 5.32 Å². The first kappa shape index (κ1) is 14.2. The van der Waals surface area contributed by atoms with Crippen molar-refractivity contribution in [2.45, 2.75) is 31.9 Å². The van der Waals surface area contributed by atoms with E-state index in [1.807, 2.05) is 13.8 Å². The maximum atomic E-state index is 12.0. The molecule has 1 aromatic rings. The predicted octanol–water partition coefficient (Wildman–Crippen LogP) is 1.42. The van der Waals surface area contributed by atoms with Gasteiger partial charge in [-0.3, -0.25) is 0 Å². The maximum absolute atomic E-state index is 12.0. The van der Waals surface area contributed by atoms with Crippen LogP contribution in [-0.2, 0) is 16.6 Å². The Kier molecular flexibility index (Phi) is 5.17. The highest BCUT2D eigenvalue weighted by Crippen LogP contribution is 2.17. The third kappa shape index (κ3) is 3.55. The lowest BCUT2D eigenvalue weighted by Gasteiger charge is -2.13. The van der Waals surface area contributed by atoms with E-state index in [2.05, 4.69) is 5.32 Å². The van der Waals surface area contributed by atoms with Crippen molar-refractivity contribution < 1.29 is 12.8 Å². The molecule has 6 heteroatoms. The van der Waals surface area contributed by atoms with E-state index in [0.717, 1.165) is 13.0 Å². The van der Waals surface area contributed by atoms with Crippen LogP contribution in [0.1, 0.15) is 26.0 Å². The van der Waals surface area contributed by atoms with Crippen molar-refractivity contribution in [1.29, 1.82) is 0 Å². The summed E-state index contributed by atoms with van der Waals surface area (Å²) in [5, 5.41) is 3.10. The van der Waals surface area contributed by atoms with Gasteiger partial charge in [0.15, 0.2) is 0 Å². The van der Waals surface area contributed by atoms with E-state index in [1.165, 1.54) is 10.4 Å². The van der Waals surface area contributed by atoms with Crippen molar-refractivity contribution in [3.63, 3.8) is 0 Å². The molecule has 0 fully saturated rings. The highest BCUT2D eigenvalue weighted by atomic mass is 32.2. The van der Waals surface area contributed by atoms with E-state index >= 15 is 0 Å². The van der Waals surface area contributed by atoms with Crippen LogP contribution in [0.15, 0.2) is 21.6 Å². The Bertz CT molecular complexity index is 439. The molecule has 5 nitrogen and oxygen atoms in total. The van der Waals surface area contributed by atoms with E-state index < -0.39 is 10.0 Å². The predicted molar refractivity (Wildman–Crippen MR) is 66.2 cm³/mol. The molecular formula is C11H20N2O3S. The fourth-order valence-corrected chi connectivity index (χ4v) is 2.61. The van der Waals surface area contributed by atoms with Crippen molar-refractivity contribution >= 4 is 10.0 Å². The summed E-state index contributed by atoms with van der Waals surface area (Å²) in [6.45, 7) is 5.77. The first-order valence-electron chi connectivity index (χ1n) is 5.78. The van der Waals surface area contributed by atoms with Crippen molar-refractivity contribution in [2.24, 2.45) is 0 Å². The summed E-state index contributed by atoms with van der Waals surface area (Å²) in [5.41, 5.74) is 0. The maximum Gasteiger partial charge on any atom is 0.276 e. The molecule has 17 heavy (non-hydrogen) atoms. The van der Waals surface area contributed by atoms with Gasteiger partial charge in [0.25, 0.3) is 10.0 Å². The molecule has 0 amide bonds. The van der Waals surface area contributed by atoms with Gasteiger partial charge in [0.05, 0.1) is 6.54 Å². The molecule has 0 radical (unpaired) electrons. The van der Waals surface area contributed by atoms with Gasteiger partial charge in [-0.25, -0.2) is 8.42 Å². The molecule has 1 rings (SSSR count). The summed E-state index contributed by atoms with van der Waals surface area (Å²) in [7, 11) is -1.91. The molecule has 0 atom stereocenters. The molecule has 0 saturated carbocycles. The second-order valence-electron chi connectivity index (χ2n) is 3.83. The number of nitrogens with one attached hydrogen (secondary N) is 1. The summed E-state index contributed by atoms with van der Waals surface area (Å²) < 4.78 is 30.7. The second-order valence-corrected chi connectivity index (χ2v) is 5.80. The van der Waals surface area contributed by atoms with Gasteiger partial charge in [0.1, 0.15) is 5.76 Å². The van der Waals surface area contributed by atoms with Crippen LogP contribution in [0.5, 0.6) is 0 Å². The Morgan fingerprint density at radius 1 is 1.35 bits per heavy atom. The molecule has 98 valence electrons. The Labute approximate surface area is 103 Å². The largest absolute Gasteiger partial charge is 0.447 e. The number of hydrogen-bond donors (Lipinski definition) is 1. The van der Waals surface area contributed by atoms with E-state index in [-0.39, 0.29) is 5.09 Å². The minimum absolute atomic E-state index is 0.0151. The van der Waals surface area contributed by atoms with Crippen LogP contribution in [0.4, 0.5) is 0 Å². The normalized spacial score (nSPS) is 12.2. The van der Waals surface area contributed by atoms with Crippen LogP contribution >= 0.6 is 0 Å². The molecular weight excluding hydrogens is 240 g/mol. The van der Waals surface area contributed by atoms with Crippen LogP contribution in [0, 0.1) is 0 Å². The molecule has 0 unspecified atom stereocenters. The van der Waals surface area contributed by atoms with Crippen molar-refractivity contribution in [3.8, 4) is 0 Å². The minimum Gasteiger partial charge on any atom is -0.447 e. The average Bonchev–Trinajstić information content (AvgIpc) is 2.75. The van der Waals surface area contributed by atoms with Crippen molar-refractivity contribution in [3.05, 3.63) is 17.9 Å². The molecule has 0 aliphatic rings. The van der Waals surface area contributed by atoms with Gasteiger partial charge in [-0.1, -0.05) is 13.8 Å². The zero-order valence-electron chi connectivity index (χ0n) is 10.6. The van der Waals surface area contributed by atoms with Crippen LogP contribution in [0.2, 0.25) is 0 Å². The lowest BCUT2D eigenvalue weighted by Crippen LogP contribution is -2.27. The fourth-order valence-electron chi connectivity index (χ4n) is 1.43. The van der Waals surface area contributed by atoms with E-state index in [0.29, 0.717) is 18.8 Å². The number of furan rings is 1. The first-order chi connectivity index (χ1) is 8.02. The fraction of sp³-hybridized carbons (Fsp3) is 0.636. The standard InChI is InChI=1S/C11H20N2O3S/c1-4-8-13(3)17(14,15)11-7-6-10(16-11)9-12-5-2/h6-7,12H,4-5,8-9H2,1-3H3. The molecule has 0 aliphatic carbocycles. The van der Waals surface area contributed by atoms with Crippen LogP contribution in [0.25, 0.3) is 0 Å². The Morgan fingerprint density at radius 2 is 2.06 bits per heavy atom. The van der Waals surface area contributed by atoms with Gasteiger partial charge in [0, 0.05) is 13.6 Å². The third-order valence-corrected chi connectivity index (χ3v) is 4.12. The minimum atomic E-state index is -3.47. The number of nitrogens with zero attached hydrogens (tertiary/aromatic N) is 1. The summed E-state index contributed by atoms with van der Waals surface area (Å²) in [5.74, 6) is 0.635. The molecule has 0 aromatic carbocycles. The van der Waals surface area contributed by atoms with E-state index in [1.54, 1.807) is 13.1 Å². The summed E-state index contributed by atoms with van der Waals surface area (Å²) >= 11 is 0. The quantitative estimate of drug-likeness (QED) is 0.805. The molecule has 1 aromatic heterocycles. The highest BCUT2D eigenvalue weighted by Gasteiger charge is 2.23. The molecule has 0 aliphatic heterocycles. The Balaban J connectivity index is 2.81. The van der Waals surface area contributed by atoms with E-state index in [9.17, 15) is 8.42 Å². The monoisotopic (exact) mass is 260 g/mol. The molecule has 0 saturated heterocycles. The first-order valence-corrected chi connectivity index (χ1v) is 7.22. The van der Waals surface area contributed by atoms with Gasteiger partial charge in [-0.05, 0) is 25.1 Å². The summed E-state index contributed by atoms with van der Waals surface area (Å²) in [6, 6.07) is 3.20. The van der Waals surface area contributed by atoms with Crippen LogP contribution in [0.3, 0.4) is 0 Å². The third-order valence-electron chi connectivity index (χ3n) is 2.39. The Hall–Kier alpha value is -0.850. The van der Waals surface area contributed by atoms with Gasteiger partial charge in [0.2, 0.25) is 5.09 Å². The highest BCUT2D eigenvalue weighted by molar-refractivity contribution is 7.89. The number of rotatable bonds is 7. The molecule has 1 N–H and O–H groups in total. The van der Waals surface area contributed by atoms with Crippen molar-refractivity contribution in [1.82, 2.24) is 9.62 Å². The smallest absolute Gasteiger partial charge is 0.276 e. The zero-order chi connectivity index (χ0) is 12.9. The number of sulfonamides is 1. The zero-order valence-corrected chi connectivity index (χ0v) is 11.4. The number of hydrogen-bond acceptors (Lipinski definition) is 4.